The van der Waals surface area contributed by atoms with E-state index in [2.05, 4.69) is 10.2 Å². The Morgan fingerprint density at radius 3 is 2.75 bits per heavy atom. The molecule has 0 spiro atoms. The van der Waals surface area contributed by atoms with Crippen LogP contribution in [0, 0.1) is 18.3 Å². The van der Waals surface area contributed by atoms with E-state index < -0.39 is 16.1 Å². The highest BCUT2D eigenvalue weighted by molar-refractivity contribution is 7.89. The second-order valence-corrected chi connectivity index (χ2v) is 7.81. The number of hydrogen-bond acceptors (Lipinski definition) is 6. The molecule has 7 nitrogen and oxygen atoms in total. The first-order valence-electron chi connectivity index (χ1n) is 7.74. The molecule has 8 heteroatoms. The van der Waals surface area contributed by atoms with E-state index in [1.54, 1.807) is 6.92 Å². The first-order valence-corrected chi connectivity index (χ1v) is 9.35. The van der Waals surface area contributed by atoms with Crippen LogP contribution in [-0.4, -0.2) is 28.7 Å². The van der Waals surface area contributed by atoms with Crippen molar-refractivity contribution in [3.05, 3.63) is 47.2 Å². The van der Waals surface area contributed by atoms with Crippen molar-refractivity contribution in [3.63, 3.8) is 0 Å². The highest BCUT2D eigenvalue weighted by Crippen LogP contribution is 2.35. The first-order chi connectivity index (χ1) is 11.5. The number of nitriles is 1. The third-order valence-electron chi connectivity index (χ3n) is 4.08. The monoisotopic (exact) mass is 346 g/mol. The molecule has 0 bridgehead atoms. The summed E-state index contributed by atoms with van der Waals surface area (Å²) in [6.07, 6.45) is 1.02. The van der Waals surface area contributed by atoms with Gasteiger partial charge in [0.1, 0.15) is 6.04 Å². The zero-order valence-electron chi connectivity index (χ0n) is 13.3. The summed E-state index contributed by atoms with van der Waals surface area (Å²) >= 11 is 0. The zero-order valence-corrected chi connectivity index (χ0v) is 14.2. The van der Waals surface area contributed by atoms with E-state index in [-0.39, 0.29) is 18.7 Å². The van der Waals surface area contributed by atoms with E-state index >= 15 is 0 Å². The molecule has 126 valence electrons. The summed E-state index contributed by atoms with van der Waals surface area (Å²) in [4.78, 5) is 0. The fourth-order valence-electron chi connectivity index (χ4n) is 2.90. The van der Waals surface area contributed by atoms with Crippen LogP contribution in [0.15, 0.2) is 28.7 Å². The number of aryl methyl sites for hydroxylation is 1. The van der Waals surface area contributed by atoms with Crippen molar-refractivity contribution >= 4 is 10.0 Å². The van der Waals surface area contributed by atoms with Crippen LogP contribution in [0.2, 0.25) is 0 Å². The third-order valence-corrected chi connectivity index (χ3v) is 5.98. The molecular formula is C16H18N4O3S. The predicted octanol–water partition coefficient (Wildman–Crippen LogP) is 2.11. The summed E-state index contributed by atoms with van der Waals surface area (Å²) in [7, 11) is -3.53. The van der Waals surface area contributed by atoms with Crippen LogP contribution in [0.5, 0.6) is 0 Å². The maximum Gasteiger partial charge on any atom is 0.235 e. The maximum atomic E-state index is 12.8. The van der Waals surface area contributed by atoms with Crippen molar-refractivity contribution in [3.8, 4) is 6.07 Å². The van der Waals surface area contributed by atoms with Crippen LogP contribution in [0.4, 0.5) is 0 Å². The van der Waals surface area contributed by atoms with Gasteiger partial charge in [-0.05, 0) is 24.0 Å². The van der Waals surface area contributed by atoms with E-state index in [9.17, 15) is 8.42 Å². The van der Waals surface area contributed by atoms with Crippen LogP contribution in [-0.2, 0) is 23.0 Å². The van der Waals surface area contributed by atoms with Crippen molar-refractivity contribution < 1.29 is 12.8 Å². The van der Waals surface area contributed by atoms with Crippen LogP contribution in [0.1, 0.15) is 41.8 Å². The second-order valence-electron chi connectivity index (χ2n) is 5.77. The van der Waals surface area contributed by atoms with Gasteiger partial charge in [0.15, 0.2) is 0 Å². The Hall–Kier alpha value is -2.24. The molecule has 24 heavy (non-hydrogen) atoms. The van der Waals surface area contributed by atoms with Gasteiger partial charge >= 0.3 is 0 Å². The number of aromatic nitrogens is 2. The molecule has 0 N–H and O–H groups in total. The van der Waals surface area contributed by atoms with Gasteiger partial charge < -0.3 is 4.42 Å². The number of unbranched alkanes of at least 4 members (excludes halogenated alkanes) is 1. The minimum absolute atomic E-state index is 0.0631. The summed E-state index contributed by atoms with van der Waals surface area (Å²) in [6, 6.07) is 9.24. The lowest BCUT2D eigenvalue weighted by atomic mass is 9.96. The average molecular weight is 346 g/mol. The Morgan fingerprint density at radius 2 is 2.08 bits per heavy atom. The molecule has 1 aliphatic heterocycles. The van der Waals surface area contributed by atoms with E-state index in [0.29, 0.717) is 24.6 Å². The summed E-state index contributed by atoms with van der Waals surface area (Å²) < 4.78 is 32.5. The summed E-state index contributed by atoms with van der Waals surface area (Å²) in [5, 5.41) is 16.5. The van der Waals surface area contributed by atoms with Crippen molar-refractivity contribution in [1.29, 1.82) is 5.26 Å². The molecule has 1 aromatic carbocycles. The van der Waals surface area contributed by atoms with Crippen molar-refractivity contribution in [2.24, 2.45) is 0 Å². The fourth-order valence-corrected chi connectivity index (χ4v) is 4.53. The second kappa shape index (κ2) is 6.71. The maximum absolute atomic E-state index is 12.8. The fraction of sp³-hybridized carbons (Fsp3) is 0.438. The molecule has 0 fully saturated rings. The molecular weight excluding hydrogens is 328 g/mol. The number of sulfonamides is 1. The molecule has 0 radical (unpaired) electrons. The van der Waals surface area contributed by atoms with Gasteiger partial charge in [-0.3, -0.25) is 0 Å². The summed E-state index contributed by atoms with van der Waals surface area (Å²) in [6.45, 7) is 1.95. The molecule has 3 rings (SSSR count). The van der Waals surface area contributed by atoms with Gasteiger partial charge in [0.2, 0.25) is 21.8 Å². The Labute approximate surface area is 141 Å². The molecule has 0 unspecified atom stereocenters. The lowest BCUT2D eigenvalue weighted by Crippen LogP contribution is -2.40. The topological polar surface area (TPSA) is 100 Å². The van der Waals surface area contributed by atoms with Gasteiger partial charge in [-0.25, -0.2) is 8.42 Å². The minimum atomic E-state index is -3.53. The molecule has 1 aliphatic rings. The molecule has 0 saturated heterocycles. The highest BCUT2D eigenvalue weighted by atomic mass is 32.2. The minimum Gasteiger partial charge on any atom is -0.424 e. The largest absolute Gasteiger partial charge is 0.424 e. The Kier molecular flexibility index (Phi) is 4.64. The van der Waals surface area contributed by atoms with Gasteiger partial charge in [-0.15, -0.1) is 10.2 Å². The van der Waals surface area contributed by atoms with Gasteiger partial charge in [-0.1, -0.05) is 24.3 Å². The molecule has 2 heterocycles. The number of hydrogen-bond donors (Lipinski definition) is 0. The number of benzene rings is 1. The molecule has 0 saturated carbocycles. The van der Waals surface area contributed by atoms with Gasteiger partial charge in [0.25, 0.3) is 0 Å². The standard InChI is InChI=1S/C16H18N4O3S/c1-12-18-19-16(23-12)15-10-13-6-2-3-7-14(13)11-20(15)24(21,22)9-5-4-8-17/h2-3,6-7,15H,4-5,9-11H2,1H3/t15-/m1/s1. The number of fused-ring (bicyclic) bond motifs is 1. The van der Waals surface area contributed by atoms with Crippen LogP contribution < -0.4 is 0 Å². The SMILES string of the molecule is Cc1nnc([C@H]2Cc3ccccc3CN2S(=O)(=O)CCCC#N)o1. The lowest BCUT2D eigenvalue weighted by molar-refractivity contribution is 0.249. The van der Waals surface area contributed by atoms with Crippen LogP contribution >= 0.6 is 0 Å². The number of rotatable bonds is 5. The van der Waals surface area contributed by atoms with Gasteiger partial charge in [0, 0.05) is 19.9 Å². The summed E-state index contributed by atoms with van der Waals surface area (Å²) in [5.41, 5.74) is 2.07. The van der Waals surface area contributed by atoms with Crippen molar-refractivity contribution in [2.75, 3.05) is 5.75 Å². The lowest BCUT2D eigenvalue weighted by Gasteiger charge is -2.33. The van der Waals surface area contributed by atoms with Gasteiger partial charge in [-0.2, -0.15) is 9.57 Å². The van der Waals surface area contributed by atoms with E-state index in [4.69, 9.17) is 9.68 Å². The zero-order chi connectivity index (χ0) is 17.2. The Morgan fingerprint density at radius 1 is 1.33 bits per heavy atom. The molecule has 1 atom stereocenters. The highest BCUT2D eigenvalue weighted by Gasteiger charge is 2.38. The van der Waals surface area contributed by atoms with Gasteiger partial charge in [0.05, 0.1) is 11.8 Å². The molecule has 0 amide bonds. The first kappa shape index (κ1) is 16.6. The van der Waals surface area contributed by atoms with Crippen molar-refractivity contribution in [2.45, 2.75) is 38.8 Å². The Bertz CT molecular complexity index is 869. The van der Waals surface area contributed by atoms with Crippen LogP contribution in [0.3, 0.4) is 0 Å². The number of nitrogens with zero attached hydrogens (tertiary/aromatic N) is 4. The van der Waals surface area contributed by atoms with Crippen molar-refractivity contribution in [1.82, 2.24) is 14.5 Å². The van der Waals surface area contributed by atoms with Crippen LogP contribution in [0.25, 0.3) is 0 Å². The quantitative estimate of drug-likeness (QED) is 0.769. The summed E-state index contributed by atoms with van der Waals surface area (Å²) in [5.74, 6) is 0.656. The van der Waals surface area contributed by atoms with E-state index in [0.717, 1.165) is 11.1 Å². The Balaban J connectivity index is 1.96. The predicted molar refractivity (Wildman–Crippen MR) is 86.1 cm³/mol. The normalized spacial score (nSPS) is 18.1. The molecule has 0 aliphatic carbocycles. The third kappa shape index (κ3) is 3.32. The van der Waals surface area contributed by atoms with E-state index in [1.165, 1.54) is 4.31 Å². The molecule has 2 aromatic rings. The smallest absolute Gasteiger partial charge is 0.235 e. The average Bonchev–Trinajstić information content (AvgIpc) is 3.00. The van der Waals surface area contributed by atoms with E-state index in [1.807, 2.05) is 30.3 Å². The molecule has 1 aromatic heterocycles.